The van der Waals surface area contributed by atoms with Crippen LogP contribution in [0, 0.1) is 12.7 Å². The summed E-state index contributed by atoms with van der Waals surface area (Å²) >= 11 is 0. The number of halogens is 1. The van der Waals surface area contributed by atoms with Gasteiger partial charge in [0.2, 0.25) is 0 Å². The Balaban J connectivity index is 1.92. The van der Waals surface area contributed by atoms with Gasteiger partial charge in [0, 0.05) is 36.4 Å². The number of rotatable bonds is 1. The summed E-state index contributed by atoms with van der Waals surface area (Å²) in [5, 5.41) is 3.62. The van der Waals surface area contributed by atoms with Crippen molar-refractivity contribution in [2.45, 2.75) is 44.7 Å². The van der Waals surface area contributed by atoms with E-state index in [1.807, 2.05) is 13.0 Å². The topological polar surface area (TPSA) is 15.3 Å². The van der Waals surface area contributed by atoms with Crippen molar-refractivity contribution in [2.24, 2.45) is 0 Å². The highest BCUT2D eigenvalue weighted by Gasteiger charge is 2.33. The van der Waals surface area contributed by atoms with Gasteiger partial charge in [0.1, 0.15) is 5.82 Å². The zero-order valence-corrected chi connectivity index (χ0v) is 11.0. The van der Waals surface area contributed by atoms with Crippen LogP contribution < -0.4 is 10.2 Å². The number of benzene rings is 1. The van der Waals surface area contributed by atoms with Crippen molar-refractivity contribution in [3.05, 3.63) is 29.6 Å². The maximum Gasteiger partial charge on any atom is 0.128 e. The average Bonchev–Trinajstić information content (AvgIpc) is 2.41. The summed E-state index contributed by atoms with van der Waals surface area (Å²) < 4.78 is 13.7. The molecular weight excluding hydrogens is 227 g/mol. The molecule has 1 saturated heterocycles. The molecule has 0 bridgehead atoms. The molecule has 0 aromatic heterocycles. The lowest BCUT2D eigenvalue weighted by Crippen LogP contribution is -2.59. The van der Waals surface area contributed by atoms with Crippen molar-refractivity contribution in [2.75, 3.05) is 18.0 Å². The van der Waals surface area contributed by atoms with Gasteiger partial charge >= 0.3 is 0 Å². The highest BCUT2D eigenvalue weighted by molar-refractivity contribution is 5.55. The van der Waals surface area contributed by atoms with E-state index in [0.29, 0.717) is 12.1 Å². The molecule has 2 nitrogen and oxygen atoms in total. The Labute approximate surface area is 108 Å². The van der Waals surface area contributed by atoms with Crippen LogP contribution in [0.25, 0.3) is 0 Å². The van der Waals surface area contributed by atoms with E-state index in [-0.39, 0.29) is 5.82 Å². The van der Waals surface area contributed by atoms with Crippen LogP contribution in [0.3, 0.4) is 0 Å². The molecule has 3 rings (SSSR count). The minimum absolute atomic E-state index is 0.0848. The van der Waals surface area contributed by atoms with Crippen LogP contribution in [0.1, 0.15) is 31.2 Å². The summed E-state index contributed by atoms with van der Waals surface area (Å²) in [5.41, 5.74) is 1.89. The van der Waals surface area contributed by atoms with E-state index in [1.54, 1.807) is 6.07 Å². The molecule has 1 aromatic rings. The molecule has 2 atom stereocenters. The van der Waals surface area contributed by atoms with Gasteiger partial charge in [0.05, 0.1) is 0 Å². The molecule has 1 aliphatic heterocycles. The molecule has 1 aliphatic carbocycles. The number of nitrogens with one attached hydrogen (secondary N) is 1. The third-order valence-corrected chi connectivity index (χ3v) is 4.44. The summed E-state index contributed by atoms with van der Waals surface area (Å²) in [4.78, 5) is 2.43. The van der Waals surface area contributed by atoms with Crippen LogP contribution >= 0.6 is 0 Å². The molecule has 18 heavy (non-hydrogen) atoms. The molecular formula is C15H21FN2. The molecule has 0 amide bonds. The fourth-order valence-electron chi connectivity index (χ4n) is 3.47. The zero-order valence-electron chi connectivity index (χ0n) is 11.0. The molecule has 1 aromatic carbocycles. The molecule has 0 unspecified atom stereocenters. The van der Waals surface area contributed by atoms with Crippen LogP contribution in [0.4, 0.5) is 10.1 Å². The normalized spacial score (nSPS) is 28.0. The lowest BCUT2D eigenvalue weighted by molar-refractivity contribution is 0.284. The molecule has 1 saturated carbocycles. The van der Waals surface area contributed by atoms with Gasteiger partial charge in [-0.25, -0.2) is 4.39 Å². The van der Waals surface area contributed by atoms with Gasteiger partial charge in [-0.2, -0.15) is 0 Å². The Morgan fingerprint density at radius 3 is 3.00 bits per heavy atom. The van der Waals surface area contributed by atoms with E-state index in [1.165, 1.54) is 25.7 Å². The number of hydrogen-bond acceptors (Lipinski definition) is 2. The highest BCUT2D eigenvalue weighted by atomic mass is 19.1. The SMILES string of the molecule is Cc1c(F)cccc1N1CCN[C@H]2CCCC[C@@H]21. The van der Waals surface area contributed by atoms with Gasteiger partial charge in [-0.05, 0) is 31.9 Å². The predicted octanol–water partition coefficient (Wildman–Crippen LogP) is 2.85. The van der Waals surface area contributed by atoms with E-state index in [0.717, 1.165) is 24.3 Å². The number of anilines is 1. The van der Waals surface area contributed by atoms with Gasteiger partial charge in [-0.15, -0.1) is 0 Å². The molecule has 2 fully saturated rings. The molecule has 0 spiro atoms. The quantitative estimate of drug-likeness (QED) is 0.822. The Morgan fingerprint density at radius 2 is 2.11 bits per heavy atom. The predicted molar refractivity (Wildman–Crippen MR) is 72.5 cm³/mol. The highest BCUT2D eigenvalue weighted by Crippen LogP contribution is 2.32. The van der Waals surface area contributed by atoms with Gasteiger partial charge in [-0.1, -0.05) is 18.9 Å². The largest absolute Gasteiger partial charge is 0.365 e. The lowest BCUT2D eigenvalue weighted by Gasteiger charge is -2.46. The number of fused-ring (bicyclic) bond motifs is 1. The van der Waals surface area contributed by atoms with E-state index in [2.05, 4.69) is 16.3 Å². The fraction of sp³-hybridized carbons (Fsp3) is 0.600. The Morgan fingerprint density at radius 1 is 1.28 bits per heavy atom. The van der Waals surface area contributed by atoms with Crippen molar-refractivity contribution >= 4 is 5.69 Å². The van der Waals surface area contributed by atoms with E-state index in [9.17, 15) is 4.39 Å². The smallest absolute Gasteiger partial charge is 0.128 e. The second-order valence-electron chi connectivity index (χ2n) is 5.49. The van der Waals surface area contributed by atoms with E-state index >= 15 is 0 Å². The number of hydrogen-bond donors (Lipinski definition) is 1. The maximum absolute atomic E-state index is 13.7. The molecule has 2 aliphatic rings. The summed E-state index contributed by atoms with van der Waals surface area (Å²) in [6.07, 6.45) is 5.11. The van der Waals surface area contributed by atoms with Gasteiger partial charge < -0.3 is 10.2 Å². The molecule has 1 heterocycles. The Hall–Kier alpha value is -1.09. The van der Waals surface area contributed by atoms with E-state index < -0.39 is 0 Å². The van der Waals surface area contributed by atoms with Crippen molar-refractivity contribution in [1.29, 1.82) is 0 Å². The summed E-state index contributed by atoms with van der Waals surface area (Å²) in [6, 6.07) is 6.59. The minimum Gasteiger partial charge on any atom is -0.365 e. The fourth-order valence-corrected chi connectivity index (χ4v) is 3.47. The molecule has 98 valence electrons. The van der Waals surface area contributed by atoms with Crippen LogP contribution in [0.2, 0.25) is 0 Å². The summed E-state index contributed by atoms with van der Waals surface area (Å²) in [6.45, 7) is 3.90. The standard InChI is InChI=1S/C15H21FN2/c1-11-12(16)5-4-8-14(11)18-10-9-17-13-6-2-3-7-15(13)18/h4-5,8,13,15,17H,2-3,6-7,9-10H2,1H3/t13-,15-/m0/s1. The first-order chi connectivity index (χ1) is 8.77. The van der Waals surface area contributed by atoms with Crippen LogP contribution in [-0.2, 0) is 0 Å². The van der Waals surface area contributed by atoms with Gasteiger partial charge in [0.15, 0.2) is 0 Å². The molecule has 3 heteroatoms. The van der Waals surface area contributed by atoms with Gasteiger partial charge in [0.25, 0.3) is 0 Å². The van der Waals surface area contributed by atoms with Crippen LogP contribution in [0.15, 0.2) is 18.2 Å². The second kappa shape index (κ2) is 4.88. The Kier molecular flexibility index (Phi) is 3.25. The summed E-state index contributed by atoms with van der Waals surface area (Å²) in [7, 11) is 0. The Bertz CT molecular complexity index is 431. The lowest BCUT2D eigenvalue weighted by atomic mass is 9.87. The molecule has 0 radical (unpaired) electrons. The first-order valence-corrected chi connectivity index (χ1v) is 7.02. The first kappa shape index (κ1) is 12.0. The third-order valence-electron chi connectivity index (χ3n) is 4.44. The summed E-state index contributed by atoms with van der Waals surface area (Å²) in [5.74, 6) is -0.0848. The maximum atomic E-state index is 13.7. The third kappa shape index (κ3) is 2.01. The minimum atomic E-state index is -0.0848. The second-order valence-corrected chi connectivity index (χ2v) is 5.49. The monoisotopic (exact) mass is 248 g/mol. The zero-order chi connectivity index (χ0) is 12.5. The first-order valence-electron chi connectivity index (χ1n) is 7.02. The molecule has 1 N–H and O–H groups in total. The van der Waals surface area contributed by atoms with Crippen molar-refractivity contribution in [3.8, 4) is 0 Å². The number of nitrogens with zero attached hydrogens (tertiary/aromatic N) is 1. The van der Waals surface area contributed by atoms with E-state index in [4.69, 9.17) is 0 Å². The van der Waals surface area contributed by atoms with Crippen molar-refractivity contribution in [3.63, 3.8) is 0 Å². The van der Waals surface area contributed by atoms with Crippen LogP contribution in [-0.4, -0.2) is 25.2 Å². The van der Waals surface area contributed by atoms with Crippen molar-refractivity contribution in [1.82, 2.24) is 5.32 Å². The average molecular weight is 248 g/mol. The number of piperazine rings is 1. The van der Waals surface area contributed by atoms with Crippen molar-refractivity contribution < 1.29 is 4.39 Å². The van der Waals surface area contributed by atoms with Gasteiger partial charge in [-0.3, -0.25) is 0 Å². The van der Waals surface area contributed by atoms with Crippen LogP contribution in [0.5, 0.6) is 0 Å².